The van der Waals surface area contributed by atoms with E-state index in [9.17, 15) is 0 Å². The number of piperazine rings is 1. The number of rotatable bonds is 3. The van der Waals surface area contributed by atoms with E-state index < -0.39 is 0 Å². The van der Waals surface area contributed by atoms with Crippen LogP contribution in [-0.2, 0) is 0 Å². The van der Waals surface area contributed by atoms with Crippen molar-refractivity contribution in [2.24, 2.45) is 0 Å². The topological polar surface area (TPSA) is 44.3 Å². The van der Waals surface area contributed by atoms with Crippen LogP contribution >= 0.6 is 23.2 Å². The number of anilines is 3. The molecule has 1 fully saturated rings. The summed E-state index contributed by atoms with van der Waals surface area (Å²) in [4.78, 5) is 12.8. The summed E-state index contributed by atoms with van der Waals surface area (Å²) in [6, 6.07) is 7.53. The van der Waals surface area contributed by atoms with Gasteiger partial charge in [-0.3, -0.25) is 0 Å². The molecule has 0 atom stereocenters. The summed E-state index contributed by atoms with van der Waals surface area (Å²) in [6.07, 6.45) is 1.61. The molecule has 0 saturated carbocycles. The van der Waals surface area contributed by atoms with Crippen LogP contribution in [0.3, 0.4) is 0 Å². The molecule has 3 rings (SSSR count). The average Bonchev–Trinajstić information content (AvgIpc) is 2.49. The van der Waals surface area contributed by atoms with Gasteiger partial charge in [0.2, 0.25) is 5.95 Å². The Morgan fingerprint density at radius 1 is 1.09 bits per heavy atom. The summed E-state index contributed by atoms with van der Waals surface area (Å²) in [7, 11) is 2.14. The molecule has 0 amide bonds. The summed E-state index contributed by atoms with van der Waals surface area (Å²) < 4.78 is 0. The second-order valence-electron chi connectivity index (χ2n) is 5.28. The van der Waals surface area contributed by atoms with Crippen LogP contribution in [0.4, 0.5) is 17.3 Å². The smallest absolute Gasteiger partial charge is 0.228 e. The van der Waals surface area contributed by atoms with Crippen LogP contribution in [0.1, 0.15) is 0 Å². The van der Waals surface area contributed by atoms with Crippen molar-refractivity contribution in [1.29, 1.82) is 0 Å². The molecule has 7 heteroatoms. The minimum Gasteiger partial charge on any atom is -0.368 e. The van der Waals surface area contributed by atoms with Gasteiger partial charge < -0.3 is 15.1 Å². The normalized spacial score (nSPS) is 15.9. The first-order valence-corrected chi connectivity index (χ1v) is 7.86. The van der Waals surface area contributed by atoms with Gasteiger partial charge in [-0.05, 0) is 31.3 Å². The lowest BCUT2D eigenvalue weighted by Crippen LogP contribution is -2.44. The number of likely N-dealkylation sites (N-methyl/N-ethyl adjacent to an activating group) is 1. The maximum atomic E-state index is 6.43. The van der Waals surface area contributed by atoms with Crippen molar-refractivity contribution >= 4 is 40.5 Å². The highest BCUT2D eigenvalue weighted by Gasteiger charge is 2.16. The number of aromatic nitrogens is 2. The van der Waals surface area contributed by atoms with Gasteiger partial charge in [-0.2, -0.15) is 0 Å². The Bertz CT molecular complexity index is 656. The van der Waals surface area contributed by atoms with Gasteiger partial charge in [0.1, 0.15) is 5.15 Å². The highest BCUT2D eigenvalue weighted by atomic mass is 35.5. The second kappa shape index (κ2) is 6.69. The summed E-state index contributed by atoms with van der Waals surface area (Å²) in [5.74, 6) is 0.455. The standard InChI is InChI=1S/C15H17Cl2N5/c1-21-6-8-22(9-7-21)13-3-2-11(10-12(13)16)19-15-18-5-4-14(17)20-15/h2-5,10H,6-9H2,1H3,(H,18,19,20). The summed E-state index contributed by atoms with van der Waals surface area (Å²) in [5.41, 5.74) is 1.90. The monoisotopic (exact) mass is 337 g/mol. The molecule has 1 aromatic heterocycles. The molecule has 0 bridgehead atoms. The van der Waals surface area contributed by atoms with Crippen LogP contribution < -0.4 is 10.2 Å². The molecule has 2 aromatic rings. The number of halogens is 2. The predicted octanol–water partition coefficient (Wildman–Crippen LogP) is 3.28. The van der Waals surface area contributed by atoms with Gasteiger partial charge in [0.05, 0.1) is 10.7 Å². The van der Waals surface area contributed by atoms with E-state index in [1.54, 1.807) is 12.3 Å². The molecule has 0 unspecified atom stereocenters. The largest absolute Gasteiger partial charge is 0.368 e. The molecule has 116 valence electrons. The molecular formula is C15H17Cl2N5. The van der Waals surface area contributed by atoms with E-state index in [-0.39, 0.29) is 0 Å². The third kappa shape index (κ3) is 3.61. The lowest BCUT2D eigenvalue weighted by atomic mass is 10.2. The van der Waals surface area contributed by atoms with Crippen molar-refractivity contribution < 1.29 is 0 Å². The fourth-order valence-electron chi connectivity index (χ4n) is 2.41. The fraction of sp³-hybridized carbons (Fsp3) is 0.333. The van der Waals surface area contributed by atoms with Crippen LogP contribution in [0, 0.1) is 0 Å². The minimum atomic E-state index is 0.401. The van der Waals surface area contributed by atoms with Crippen molar-refractivity contribution in [3.05, 3.63) is 40.6 Å². The lowest BCUT2D eigenvalue weighted by molar-refractivity contribution is 0.313. The number of hydrogen-bond acceptors (Lipinski definition) is 5. The maximum Gasteiger partial charge on any atom is 0.228 e. The Labute approximate surface area is 139 Å². The highest BCUT2D eigenvalue weighted by Crippen LogP contribution is 2.30. The molecule has 5 nitrogen and oxygen atoms in total. The lowest BCUT2D eigenvalue weighted by Gasteiger charge is -2.34. The molecule has 1 aromatic carbocycles. The first-order valence-electron chi connectivity index (χ1n) is 7.10. The quantitative estimate of drug-likeness (QED) is 0.870. The maximum absolute atomic E-state index is 6.43. The Morgan fingerprint density at radius 3 is 2.55 bits per heavy atom. The fourth-order valence-corrected chi connectivity index (χ4v) is 2.85. The van der Waals surface area contributed by atoms with Crippen LogP contribution in [0.2, 0.25) is 10.2 Å². The number of nitrogens with zero attached hydrogens (tertiary/aromatic N) is 4. The molecule has 2 heterocycles. The number of nitrogens with one attached hydrogen (secondary N) is 1. The molecule has 22 heavy (non-hydrogen) atoms. The van der Waals surface area contributed by atoms with Crippen LogP contribution in [-0.4, -0.2) is 48.1 Å². The van der Waals surface area contributed by atoms with Gasteiger partial charge in [0.25, 0.3) is 0 Å². The average molecular weight is 338 g/mol. The van der Waals surface area contributed by atoms with E-state index in [0.717, 1.165) is 42.6 Å². The van der Waals surface area contributed by atoms with E-state index >= 15 is 0 Å². The van der Waals surface area contributed by atoms with E-state index in [1.165, 1.54) is 0 Å². The zero-order valence-electron chi connectivity index (χ0n) is 12.3. The van der Waals surface area contributed by atoms with Crippen LogP contribution in [0.15, 0.2) is 30.5 Å². The summed E-state index contributed by atoms with van der Waals surface area (Å²) >= 11 is 12.3. The van der Waals surface area contributed by atoms with E-state index in [0.29, 0.717) is 11.1 Å². The molecule has 0 spiro atoms. The van der Waals surface area contributed by atoms with Crippen molar-refractivity contribution in [2.75, 3.05) is 43.4 Å². The zero-order chi connectivity index (χ0) is 15.5. The van der Waals surface area contributed by atoms with Gasteiger partial charge >= 0.3 is 0 Å². The van der Waals surface area contributed by atoms with Gasteiger partial charge in [0, 0.05) is 38.1 Å². The minimum absolute atomic E-state index is 0.401. The van der Waals surface area contributed by atoms with Gasteiger partial charge in [-0.1, -0.05) is 23.2 Å². The van der Waals surface area contributed by atoms with Crippen molar-refractivity contribution in [2.45, 2.75) is 0 Å². The van der Waals surface area contributed by atoms with Gasteiger partial charge in [-0.15, -0.1) is 0 Å². The van der Waals surface area contributed by atoms with E-state index in [4.69, 9.17) is 23.2 Å². The van der Waals surface area contributed by atoms with E-state index in [2.05, 4.69) is 32.1 Å². The second-order valence-corrected chi connectivity index (χ2v) is 6.08. The molecule has 1 aliphatic heterocycles. The zero-order valence-corrected chi connectivity index (χ0v) is 13.8. The van der Waals surface area contributed by atoms with Crippen molar-refractivity contribution in [3.63, 3.8) is 0 Å². The Kier molecular flexibility index (Phi) is 4.66. The predicted molar refractivity (Wildman–Crippen MR) is 91.5 cm³/mol. The number of hydrogen-bond donors (Lipinski definition) is 1. The van der Waals surface area contributed by atoms with E-state index in [1.807, 2.05) is 18.2 Å². The van der Waals surface area contributed by atoms with Gasteiger partial charge in [-0.25, -0.2) is 9.97 Å². The third-order valence-electron chi connectivity index (χ3n) is 3.67. The Morgan fingerprint density at radius 2 is 1.86 bits per heavy atom. The summed E-state index contributed by atoms with van der Waals surface area (Å²) in [5, 5.41) is 4.22. The number of benzene rings is 1. The molecule has 1 saturated heterocycles. The molecule has 1 aliphatic rings. The molecule has 1 N–H and O–H groups in total. The van der Waals surface area contributed by atoms with Crippen LogP contribution in [0.5, 0.6) is 0 Å². The summed E-state index contributed by atoms with van der Waals surface area (Å²) in [6.45, 7) is 4.07. The first-order chi connectivity index (χ1) is 10.6. The Hall–Kier alpha value is -1.56. The SMILES string of the molecule is CN1CCN(c2ccc(Nc3nccc(Cl)n3)cc2Cl)CC1. The third-order valence-corrected chi connectivity index (χ3v) is 4.18. The Balaban J connectivity index is 1.74. The first kappa shape index (κ1) is 15.3. The van der Waals surface area contributed by atoms with Crippen LogP contribution in [0.25, 0.3) is 0 Å². The van der Waals surface area contributed by atoms with Crippen molar-refractivity contribution in [1.82, 2.24) is 14.9 Å². The molecule has 0 radical (unpaired) electrons. The van der Waals surface area contributed by atoms with Gasteiger partial charge in [0.15, 0.2) is 0 Å². The molecule has 0 aliphatic carbocycles. The highest BCUT2D eigenvalue weighted by molar-refractivity contribution is 6.33. The molecular weight excluding hydrogens is 321 g/mol. The van der Waals surface area contributed by atoms with Crippen molar-refractivity contribution in [3.8, 4) is 0 Å².